The summed E-state index contributed by atoms with van der Waals surface area (Å²) in [7, 11) is 0. The number of rotatable bonds is 4. The van der Waals surface area contributed by atoms with Crippen molar-refractivity contribution in [3.63, 3.8) is 0 Å². The van der Waals surface area contributed by atoms with Gasteiger partial charge in [-0.05, 0) is 51.2 Å². The SMILES string of the molecule is CCC(C)c1cc(C(C)(C)C)c(OP(Cl)Cl)c(C(C)(C)C)c1. The summed E-state index contributed by atoms with van der Waals surface area (Å²) < 4.78 is 5.89. The molecule has 0 aliphatic heterocycles. The molecule has 1 nitrogen and oxygen atoms in total. The summed E-state index contributed by atoms with van der Waals surface area (Å²) in [4.78, 5) is 0. The zero-order valence-electron chi connectivity index (χ0n) is 15.1. The molecule has 1 aromatic rings. The Labute approximate surface area is 147 Å². The summed E-state index contributed by atoms with van der Waals surface area (Å²) in [5.74, 6) is 1.38. The first-order chi connectivity index (χ1) is 9.87. The molecule has 1 rings (SSSR count). The van der Waals surface area contributed by atoms with E-state index < -0.39 is 6.85 Å². The minimum Gasteiger partial charge on any atom is -0.444 e. The summed E-state index contributed by atoms with van der Waals surface area (Å²) in [5, 5.41) is 0. The van der Waals surface area contributed by atoms with Crippen molar-refractivity contribution in [1.82, 2.24) is 0 Å². The van der Waals surface area contributed by atoms with Crippen molar-refractivity contribution in [2.24, 2.45) is 0 Å². The molecule has 1 unspecified atom stereocenters. The molecule has 4 heteroatoms. The van der Waals surface area contributed by atoms with Gasteiger partial charge in [0.25, 0.3) is 6.85 Å². The summed E-state index contributed by atoms with van der Waals surface area (Å²) >= 11 is 12.0. The van der Waals surface area contributed by atoms with Gasteiger partial charge in [-0.1, -0.05) is 67.5 Å². The van der Waals surface area contributed by atoms with Crippen molar-refractivity contribution in [3.05, 3.63) is 28.8 Å². The van der Waals surface area contributed by atoms with E-state index in [1.54, 1.807) is 0 Å². The van der Waals surface area contributed by atoms with Gasteiger partial charge in [-0.15, -0.1) is 0 Å². The van der Waals surface area contributed by atoms with Crippen LogP contribution in [0, 0.1) is 0 Å². The van der Waals surface area contributed by atoms with Crippen molar-refractivity contribution < 1.29 is 4.52 Å². The molecule has 126 valence electrons. The predicted molar refractivity (Wildman–Crippen MR) is 102 cm³/mol. The fourth-order valence-electron chi connectivity index (χ4n) is 2.45. The molecule has 22 heavy (non-hydrogen) atoms. The molecule has 0 aliphatic carbocycles. The molecule has 0 N–H and O–H groups in total. The first-order valence-corrected chi connectivity index (χ1v) is 10.9. The summed E-state index contributed by atoms with van der Waals surface area (Å²) in [6, 6.07) is 4.54. The van der Waals surface area contributed by atoms with Crippen LogP contribution in [0.15, 0.2) is 12.1 Å². The lowest BCUT2D eigenvalue weighted by atomic mass is 9.77. The zero-order chi connectivity index (χ0) is 17.3. The Morgan fingerprint density at radius 2 is 1.41 bits per heavy atom. The van der Waals surface area contributed by atoms with E-state index in [0.29, 0.717) is 5.92 Å². The van der Waals surface area contributed by atoms with E-state index in [-0.39, 0.29) is 10.8 Å². The summed E-state index contributed by atoms with van der Waals surface area (Å²) in [6.45, 7) is 16.2. The molecule has 0 aromatic heterocycles. The Morgan fingerprint density at radius 3 is 1.68 bits per heavy atom. The van der Waals surface area contributed by atoms with Gasteiger partial charge in [-0.2, -0.15) is 0 Å². The largest absolute Gasteiger partial charge is 0.444 e. The van der Waals surface area contributed by atoms with E-state index in [0.717, 1.165) is 12.2 Å². The molecular formula is C18H29Cl2OP. The molecular weight excluding hydrogens is 334 g/mol. The van der Waals surface area contributed by atoms with Gasteiger partial charge in [0, 0.05) is 11.1 Å². The lowest BCUT2D eigenvalue weighted by Gasteiger charge is -2.31. The van der Waals surface area contributed by atoms with Crippen molar-refractivity contribution in [2.75, 3.05) is 0 Å². The van der Waals surface area contributed by atoms with E-state index in [4.69, 9.17) is 27.0 Å². The second kappa shape index (κ2) is 7.29. The van der Waals surface area contributed by atoms with Crippen molar-refractivity contribution in [1.29, 1.82) is 0 Å². The Kier molecular flexibility index (Phi) is 6.65. The highest BCUT2D eigenvalue weighted by Crippen LogP contribution is 2.53. The zero-order valence-corrected chi connectivity index (χ0v) is 17.5. The Bertz CT molecular complexity index is 478. The third kappa shape index (κ3) is 5.02. The minimum absolute atomic E-state index is 0.0298. The van der Waals surface area contributed by atoms with Crippen LogP contribution in [-0.4, -0.2) is 0 Å². The highest BCUT2D eigenvalue weighted by Gasteiger charge is 2.29. The van der Waals surface area contributed by atoms with Crippen LogP contribution in [0.25, 0.3) is 0 Å². The molecule has 1 atom stereocenters. The smallest absolute Gasteiger partial charge is 0.284 e. The van der Waals surface area contributed by atoms with Crippen LogP contribution in [0.1, 0.15) is 84.4 Å². The summed E-state index contributed by atoms with van der Waals surface area (Å²) in [6.07, 6.45) is 1.12. The van der Waals surface area contributed by atoms with Crippen LogP contribution in [-0.2, 0) is 10.8 Å². The van der Waals surface area contributed by atoms with Gasteiger partial charge in [-0.3, -0.25) is 0 Å². The predicted octanol–water partition coefficient (Wildman–Crippen LogP) is 7.88. The molecule has 0 amide bonds. The maximum absolute atomic E-state index is 5.99. The first-order valence-electron chi connectivity index (χ1n) is 7.86. The molecule has 1 aromatic carbocycles. The molecule has 0 bridgehead atoms. The lowest BCUT2D eigenvalue weighted by molar-refractivity contribution is 0.505. The topological polar surface area (TPSA) is 9.23 Å². The average molecular weight is 363 g/mol. The average Bonchev–Trinajstić information content (AvgIpc) is 2.34. The van der Waals surface area contributed by atoms with Gasteiger partial charge in [0.1, 0.15) is 5.75 Å². The van der Waals surface area contributed by atoms with Crippen LogP contribution in [0.2, 0.25) is 0 Å². The van der Waals surface area contributed by atoms with Gasteiger partial charge in [0.05, 0.1) is 0 Å². The van der Waals surface area contributed by atoms with Crippen LogP contribution in [0.3, 0.4) is 0 Å². The highest BCUT2D eigenvalue weighted by molar-refractivity contribution is 8.00. The second-order valence-corrected chi connectivity index (χ2v) is 11.0. The standard InChI is InChI=1S/C18H29Cl2OP/c1-9-12(2)13-10-14(17(3,4)5)16(21-22(19)20)15(11-13)18(6,7)8/h10-12H,9H2,1-8H3. The number of benzene rings is 1. The monoisotopic (exact) mass is 362 g/mol. The van der Waals surface area contributed by atoms with E-state index in [1.165, 1.54) is 16.7 Å². The van der Waals surface area contributed by atoms with Gasteiger partial charge < -0.3 is 4.52 Å². The fourth-order valence-corrected chi connectivity index (χ4v) is 3.20. The van der Waals surface area contributed by atoms with E-state index in [2.05, 4.69) is 67.5 Å². The van der Waals surface area contributed by atoms with E-state index in [9.17, 15) is 0 Å². The second-order valence-electron chi connectivity index (χ2n) is 8.05. The molecule has 0 saturated heterocycles. The van der Waals surface area contributed by atoms with Crippen molar-refractivity contribution in [2.45, 2.75) is 78.6 Å². The van der Waals surface area contributed by atoms with Crippen LogP contribution < -0.4 is 4.52 Å². The minimum atomic E-state index is -1.49. The summed E-state index contributed by atoms with van der Waals surface area (Å²) in [5.41, 5.74) is 3.67. The molecule has 0 fully saturated rings. The van der Waals surface area contributed by atoms with Crippen LogP contribution >= 0.6 is 29.3 Å². The highest BCUT2D eigenvalue weighted by atomic mass is 35.9. The molecule has 0 heterocycles. The number of hydrogen-bond acceptors (Lipinski definition) is 1. The van der Waals surface area contributed by atoms with Crippen LogP contribution in [0.5, 0.6) is 5.75 Å². The first kappa shape index (κ1) is 20.1. The van der Waals surface area contributed by atoms with Gasteiger partial charge >= 0.3 is 0 Å². The van der Waals surface area contributed by atoms with Crippen molar-refractivity contribution >= 4 is 29.3 Å². The number of halogens is 2. The molecule has 0 saturated carbocycles. The molecule has 0 radical (unpaired) electrons. The van der Waals surface area contributed by atoms with Gasteiger partial charge in [-0.25, -0.2) is 0 Å². The molecule has 0 aliphatic rings. The fraction of sp³-hybridized carbons (Fsp3) is 0.667. The van der Waals surface area contributed by atoms with Crippen molar-refractivity contribution in [3.8, 4) is 5.75 Å². The van der Waals surface area contributed by atoms with Gasteiger partial charge in [0.15, 0.2) is 0 Å². The maximum atomic E-state index is 5.99. The van der Waals surface area contributed by atoms with E-state index >= 15 is 0 Å². The lowest BCUT2D eigenvalue weighted by Crippen LogP contribution is -2.19. The Morgan fingerprint density at radius 1 is 1.00 bits per heavy atom. The third-order valence-electron chi connectivity index (χ3n) is 4.07. The maximum Gasteiger partial charge on any atom is 0.284 e. The quantitative estimate of drug-likeness (QED) is 0.494. The van der Waals surface area contributed by atoms with Crippen LogP contribution in [0.4, 0.5) is 0 Å². The Balaban J connectivity index is 3.69. The third-order valence-corrected chi connectivity index (χ3v) is 4.80. The number of hydrogen-bond donors (Lipinski definition) is 0. The Hall–Kier alpha value is 0.0300. The normalized spacial score (nSPS) is 14.3. The van der Waals surface area contributed by atoms with E-state index in [1.807, 2.05) is 0 Å². The van der Waals surface area contributed by atoms with Gasteiger partial charge in [0.2, 0.25) is 0 Å². The molecule has 0 spiro atoms.